The molecule has 0 spiro atoms. The lowest BCUT2D eigenvalue weighted by Gasteiger charge is -2.36. The molecule has 3 amide bonds. The molecule has 1 fully saturated rings. The van der Waals surface area contributed by atoms with Gasteiger partial charge in [0.2, 0.25) is 11.8 Å². The molecule has 0 aromatic carbocycles. The molecule has 2 aromatic rings. The third-order valence-electron chi connectivity index (χ3n) is 4.70. The molecule has 2 aromatic heterocycles. The van der Waals surface area contributed by atoms with E-state index < -0.39 is 41.1 Å². The second-order valence-corrected chi connectivity index (χ2v) is 6.75. The van der Waals surface area contributed by atoms with Crippen LogP contribution >= 0.6 is 0 Å². The minimum atomic E-state index is -1.06. The van der Waals surface area contributed by atoms with Gasteiger partial charge < -0.3 is 25.9 Å². The molecule has 0 aliphatic carbocycles. The van der Waals surface area contributed by atoms with Crippen LogP contribution in [0.3, 0.4) is 0 Å². The molecule has 12 heteroatoms. The van der Waals surface area contributed by atoms with Crippen molar-refractivity contribution in [1.82, 2.24) is 30.2 Å². The highest BCUT2D eigenvalue weighted by Gasteiger charge is 2.35. The standard InChI is InChI=1S/C17H21N7O5/c18-14(26)12-3-1-2-4-24(12)16(28)11(5-9-7-19-8-20-9)21-15(27)10-6-13(25)23-17(29)22-10/h6-8,11-12H,1-5H2,(H2,18,26)(H,19,20)(H,21,27)(H2,22,23,25,29)/t11-,12-/m0/s1. The third-order valence-corrected chi connectivity index (χ3v) is 4.70. The van der Waals surface area contributed by atoms with Gasteiger partial charge in [-0.1, -0.05) is 0 Å². The molecule has 6 N–H and O–H groups in total. The van der Waals surface area contributed by atoms with Gasteiger partial charge in [-0.3, -0.25) is 24.2 Å². The van der Waals surface area contributed by atoms with E-state index in [0.717, 1.165) is 12.5 Å². The van der Waals surface area contributed by atoms with E-state index in [-0.39, 0.29) is 12.1 Å². The predicted molar refractivity (Wildman–Crippen MR) is 99.8 cm³/mol. The fourth-order valence-corrected chi connectivity index (χ4v) is 3.33. The Morgan fingerprint density at radius 3 is 2.72 bits per heavy atom. The Labute approximate surface area is 163 Å². The number of carbonyl (C=O) groups excluding carboxylic acids is 3. The van der Waals surface area contributed by atoms with Gasteiger partial charge in [0.25, 0.3) is 11.5 Å². The highest BCUT2D eigenvalue weighted by Crippen LogP contribution is 2.18. The topological polar surface area (TPSA) is 187 Å². The molecule has 3 heterocycles. The number of aromatic nitrogens is 4. The van der Waals surface area contributed by atoms with Crippen molar-refractivity contribution in [2.75, 3.05) is 6.54 Å². The molecule has 12 nitrogen and oxygen atoms in total. The van der Waals surface area contributed by atoms with Crippen molar-refractivity contribution in [1.29, 1.82) is 0 Å². The Kier molecular flexibility index (Phi) is 5.90. The van der Waals surface area contributed by atoms with Crippen LogP contribution in [-0.4, -0.2) is 61.2 Å². The smallest absolute Gasteiger partial charge is 0.326 e. The Hall–Kier alpha value is -3.70. The van der Waals surface area contributed by atoms with Gasteiger partial charge >= 0.3 is 5.69 Å². The summed E-state index contributed by atoms with van der Waals surface area (Å²) in [5.74, 6) is -1.90. The number of imidazole rings is 1. The van der Waals surface area contributed by atoms with Crippen LogP contribution in [0.1, 0.15) is 35.4 Å². The molecule has 29 heavy (non-hydrogen) atoms. The summed E-state index contributed by atoms with van der Waals surface area (Å²) >= 11 is 0. The molecule has 0 bridgehead atoms. The minimum absolute atomic E-state index is 0.0694. The molecule has 2 atom stereocenters. The van der Waals surface area contributed by atoms with E-state index in [0.29, 0.717) is 25.1 Å². The lowest BCUT2D eigenvalue weighted by atomic mass is 9.99. The van der Waals surface area contributed by atoms with E-state index in [2.05, 4.69) is 20.3 Å². The average Bonchev–Trinajstić information content (AvgIpc) is 3.19. The van der Waals surface area contributed by atoms with Crippen molar-refractivity contribution >= 4 is 17.7 Å². The van der Waals surface area contributed by atoms with Gasteiger partial charge in [0.1, 0.15) is 17.8 Å². The van der Waals surface area contributed by atoms with Crippen LogP contribution in [0.2, 0.25) is 0 Å². The van der Waals surface area contributed by atoms with Crippen molar-refractivity contribution in [3.8, 4) is 0 Å². The summed E-state index contributed by atoms with van der Waals surface area (Å²) in [6, 6.07) is -0.899. The number of piperidine rings is 1. The van der Waals surface area contributed by atoms with E-state index in [9.17, 15) is 24.0 Å². The molecule has 0 unspecified atom stereocenters. The summed E-state index contributed by atoms with van der Waals surface area (Å²) in [5, 5.41) is 2.53. The maximum atomic E-state index is 13.2. The van der Waals surface area contributed by atoms with Gasteiger partial charge in [0.15, 0.2) is 0 Å². The highest BCUT2D eigenvalue weighted by molar-refractivity contribution is 5.97. The van der Waals surface area contributed by atoms with Crippen LogP contribution in [0, 0.1) is 0 Å². The van der Waals surface area contributed by atoms with Gasteiger partial charge in [-0.05, 0) is 19.3 Å². The first kappa shape index (κ1) is 20.0. The first-order chi connectivity index (χ1) is 13.8. The predicted octanol–water partition coefficient (Wildman–Crippen LogP) is -2.01. The van der Waals surface area contributed by atoms with Gasteiger partial charge in [-0.25, -0.2) is 9.78 Å². The molecule has 154 valence electrons. The van der Waals surface area contributed by atoms with Crippen LogP contribution < -0.4 is 22.3 Å². The van der Waals surface area contributed by atoms with E-state index >= 15 is 0 Å². The Balaban J connectivity index is 1.86. The number of likely N-dealkylation sites (tertiary alicyclic amines) is 1. The number of nitrogens with two attached hydrogens (primary N) is 1. The Bertz CT molecular complexity index is 981. The fourth-order valence-electron chi connectivity index (χ4n) is 3.33. The number of primary amides is 1. The number of carbonyl (C=O) groups is 3. The van der Waals surface area contributed by atoms with Gasteiger partial charge in [-0.15, -0.1) is 0 Å². The summed E-state index contributed by atoms with van der Waals surface area (Å²) in [6.07, 6.45) is 4.93. The molecule has 3 rings (SSSR count). The monoisotopic (exact) mass is 403 g/mol. The van der Waals surface area contributed by atoms with Crippen LogP contribution in [0.5, 0.6) is 0 Å². The maximum absolute atomic E-state index is 13.2. The molecular weight excluding hydrogens is 382 g/mol. The first-order valence-corrected chi connectivity index (χ1v) is 9.06. The van der Waals surface area contributed by atoms with E-state index in [4.69, 9.17) is 5.73 Å². The van der Waals surface area contributed by atoms with Crippen LogP contribution in [-0.2, 0) is 16.0 Å². The van der Waals surface area contributed by atoms with Crippen LogP contribution in [0.15, 0.2) is 28.2 Å². The van der Waals surface area contributed by atoms with E-state index in [1.165, 1.54) is 17.4 Å². The van der Waals surface area contributed by atoms with Crippen molar-refractivity contribution in [2.45, 2.75) is 37.8 Å². The molecule has 1 aliphatic heterocycles. The third kappa shape index (κ3) is 4.78. The van der Waals surface area contributed by atoms with Gasteiger partial charge in [-0.2, -0.15) is 0 Å². The highest BCUT2D eigenvalue weighted by atomic mass is 16.2. The molecule has 0 saturated carbocycles. The van der Waals surface area contributed by atoms with Gasteiger partial charge in [0.05, 0.1) is 6.33 Å². The number of aromatic amines is 3. The fraction of sp³-hybridized carbons (Fsp3) is 0.412. The lowest BCUT2D eigenvalue weighted by Crippen LogP contribution is -2.57. The zero-order valence-electron chi connectivity index (χ0n) is 15.4. The Morgan fingerprint density at radius 1 is 1.28 bits per heavy atom. The second-order valence-electron chi connectivity index (χ2n) is 6.75. The first-order valence-electron chi connectivity index (χ1n) is 9.06. The van der Waals surface area contributed by atoms with Crippen LogP contribution in [0.4, 0.5) is 0 Å². The summed E-state index contributed by atoms with van der Waals surface area (Å²) in [7, 11) is 0. The molecule has 1 saturated heterocycles. The summed E-state index contributed by atoms with van der Waals surface area (Å²) in [4.78, 5) is 72.7. The van der Waals surface area contributed by atoms with Crippen molar-refractivity contribution in [3.63, 3.8) is 0 Å². The molecular formula is C17H21N7O5. The zero-order valence-corrected chi connectivity index (χ0v) is 15.4. The lowest BCUT2D eigenvalue weighted by molar-refractivity contribution is -0.142. The summed E-state index contributed by atoms with van der Waals surface area (Å²) in [5.41, 5.74) is 4.14. The maximum Gasteiger partial charge on any atom is 0.326 e. The Morgan fingerprint density at radius 2 is 2.07 bits per heavy atom. The minimum Gasteiger partial charge on any atom is -0.368 e. The number of hydrogen-bond acceptors (Lipinski definition) is 6. The van der Waals surface area contributed by atoms with Crippen molar-refractivity contribution in [3.05, 3.63) is 50.8 Å². The number of H-pyrrole nitrogens is 3. The van der Waals surface area contributed by atoms with E-state index in [1.807, 2.05) is 4.98 Å². The van der Waals surface area contributed by atoms with Crippen molar-refractivity contribution < 1.29 is 14.4 Å². The quantitative estimate of drug-likeness (QED) is 0.371. The number of rotatable bonds is 6. The zero-order chi connectivity index (χ0) is 21.0. The number of amides is 3. The van der Waals surface area contributed by atoms with Crippen LogP contribution in [0.25, 0.3) is 0 Å². The van der Waals surface area contributed by atoms with Gasteiger partial charge in [0, 0.05) is 30.9 Å². The number of nitrogens with one attached hydrogen (secondary N) is 4. The summed E-state index contributed by atoms with van der Waals surface area (Å²) in [6.45, 7) is 0.337. The summed E-state index contributed by atoms with van der Waals surface area (Å²) < 4.78 is 0. The molecule has 1 aliphatic rings. The number of nitrogens with zero attached hydrogens (tertiary/aromatic N) is 2. The second kappa shape index (κ2) is 8.54. The number of hydrogen-bond donors (Lipinski definition) is 5. The SMILES string of the molecule is NC(=O)[C@@H]1CCCCN1C(=O)[C@H](Cc1cnc[nH]1)NC(=O)c1cc(=O)[nH]c(=O)[nH]1. The van der Waals surface area contributed by atoms with Crippen molar-refractivity contribution in [2.24, 2.45) is 5.73 Å². The largest absolute Gasteiger partial charge is 0.368 e. The van der Waals surface area contributed by atoms with E-state index in [1.54, 1.807) is 0 Å². The average molecular weight is 403 g/mol. The molecule has 0 radical (unpaired) electrons. The normalized spacial score (nSPS) is 17.5.